The monoisotopic (exact) mass is 309 g/mol. The molecule has 0 saturated carbocycles. The number of nitrogens with zero attached hydrogens (tertiary/aromatic N) is 3. The molecule has 0 spiro atoms. The maximum absolute atomic E-state index is 5.71. The molecule has 4 nitrogen and oxygen atoms in total. The standard InChI is InChI=1S/C13H16BrN3O/c1-4-8-18-11-6-5-7-15-13(11)17-10(3)12(14)9(2)16-17/h5-7H,4,8H2,1-3H3. The highest BCUT2D eigenvalue weighted by atomic mass is 79.9. The van der Waals surface area contributed by atoms with E-state index in [9.17, 15) is 0 Å². The molecule has 0 amide bonds. The molecule has 0 N–H and O–H groups in total. The van der Waals surface area contributed by atoms with Crippen molar-refractivity contribution in [3.05, 3.63) is 34.2 Å². The Bertz CT molecular complexity index is 551. The summed E-state index contributed by atoms with van der Waals surface area (Å²) in [6, 6.07) is 3.79. The molecule has 18 heavy (non-hydrogen) atoms. The van der Waals surface area contributed by atoms with Gasteiger partial charge in [-0.05, 0) is 48.3 Å². The zero-order chi connectivity index (χ0) is 13.1. The first-order valence-corrected chi connectivity index (χ1v) is 6.74. The zero-order valence-corrected chi connectivity index (χ0v) is 12.4. The summed E-state index contributed by atoms with van der Waals surface area (Å²) in [6.07, 6.45) is 2.72. The first-order chi connectivity index (χ1) is 8.65. The second-order valence-electron chi connectivity index (χ2n) is 4.07. The van der Waals surface area contributed by atoms with Crippen LogP contribution in [0.5, 0.6) is 5.75 Å². The Morgan fingerprint density at radius 1 is 1.39 bits per heavy atom. The quantitative estimate of drug-likeness (QED) is 0.868. The van der Waals surface area contributed by atoms with E-state index < -0.39 is 0 Å². The van der Waals surface area contributed by atoms with Crippen LogP contribution in [0.2, 0.25) is 0 Å². The van der Waals surface area contributed by atoms with Crippen molar-refractivity contribution in [3.63, 3.8) is 0 Å². The molecule has 5 heteroatoms. The van der Waals surface area contributed by atoms with E-state index in [1.54, 1.807) is 6.20 Å². The molecule has 0 bridgehead atoms. The van der Waals surface area contributed by atoms with Gasteiger partial charge in [-0.25, -0.2) is 9.67 Å². The van der Waals surface area contributed by atoms with Gasteiger partial charge in [0.1, 0.15) is 0 Å². The zero-order valence-electron chi connectivity index (χ0n) is 10.8. The number of aromatic nitrogens is 3. The average Bonchev–Trinajstić information content (AvgIpc) is 2.64. The summed E-state index contributed by atoms with van der Waals surface area (Å²) in [7, 11) is 0. The lowest BCUT2D eigenvalue weighted by Crippen LogP contribution is -2.06. The highest BCUT2D eigenvalue weighted by Crippen LogP contribution is 2.26. The molecule has 2 aromatic rings. The van der Waals surface area contributed by atoms with E-state index in [1.807, 2.05) is 30.7 Å². The summed E-state index contributed by atoms with van der Waals surface area (Å²) in [5.41, 5.74) is 1.96. The fourth-order valence-electron chi connectivity index (χ4n) is 1.70. The molecule has 0 radical (unpaired) electrons. The Hall–Kier alpha value is -1.36. The third-order valence-electron chi connectivity index (χ3n) is 2.62. The van der Waals surface area contributed by atoms with Gasteiger partial charge in [-0.15, -0.1) is 0 Å². The first kappa shape index (κ1) is 13.1. The molecule has 0 atom stereocenters. The average molecular weight is 310 g/mol. The second-order valence-corrected chi connectivity index (χ2v) is 4.86. The van der Waals surface area contributed by atoms with Crippen LogP contribution in [0.4, 0.5) is 0 Å². The number of halogens is 1. The highest BCUT2D eigenvalue weighted by molar-refractivity contribution is 9.10. The van der Waals surface area contributed by atoms with Crippen molar-refractivity contribution in [3.8, 4) is 11.6 Å². The van der Waals surface area contributed by atoms with Gasteiger partial charge in [0.2, 0.25) is 0 Å². The van der Waals surface area contributed by atoms with Crippen LogP contribution in [0.25, 0.3) is 5.82 Å². The molecule has 0 aliphatic carbocycles. The van der Waals surface area contributed by atoms with Crippen LogP contribution < -0.4 is 4.74 Å². The van der Waals surface area contributed by atoms with Gasteiger partial charge in [0.25, 0.3) is 0 Å². The van der Waals surface area contributed by atoms with E-state index >= 15 is 0 Å². The largest absolute Gasteiger partial charge is 0.490 e. The van der Waals surface area contributed by atoms with Crippen LogP contribution in [0.3, 0.4) is 0 Å². The molecule has 0 fully saturated rings. The third kappa shape index (κ3) is 2.41. The van der Waals surface area contributed by atoms with Crippen LogP contribution in [0.15, 0.2) is 22.8 Å². The molecule has 2 aromatic heterocycles. The molecule has 0 aliphatic rings. The Kier molecular flexibility index (Phi) is 4.01. The molecule has 0 saturated heterocycles. The lowest BCUT2D eigenvalue weighted by molar-refractivity contribution is 0.314. The van der Waals surface area contributed by atoms with Gasteiger partial charge >= 0.3 is 0 Å². The summed E-state index contributed by atoms with van der Waals surface area (Å²) < 4.78 is 8.53. The van der Waals surface area contributed by atoms with Crippen LogP contribution in [-0.4, -0.2) is 21.4 Å². The minimum atomic E-state index is 0.680. The number of pyridine rings is 1. The third-order valence-corrected chi connectivity index (χ3v) is 3.76. The van der Waals surface area contributed by atoms with Gasteiger partial charge in [-0.2, -0.15) is 5.10 Å². The van der Waals surface area contributed by atoms with Crippen molar-refractivity contribution in [2.45, 2.75) is 27.2 Å². The molecule has 0 aromatic carbocycles. The van der Waals surface area contributed by atoms with Gasteiger partial charge in [0, 0.05) is 6.20 Å². The summed E-state index contributed by atoms with van der Waals surface area (Å²) in [4.78, 5) is 4.37. The van der Waals surface area contributed by atoms with E-state index in [0.29, 0.717) is 6.61 Å². The van der Waals surface area contributed by atoms with Crippen molar-refractivity contribution in [1.29, 1.82) is 0 Å². The fraction of sp³-hybridized carbons (Fsp3) is 0.385. The minimum absolute atomic E-state index is 0.680. The predicted octanol–water partition coefficient (Wildman–Crippen LogP) is 3.44. The van der Waals surface area contributed by atoms with Crippen LogP contribution in [-0.2, 0) is 0 Å². The number of hydrogen-bond donors (Lipinski definition) is 0. The van der Waals surface area contributed by atoms with E-state index in [1.165, 1.54) is 0 Å². The minimum Gasteiger partial charge on any atom is -0.490 e. The van der Waals surface area contributed by atoms with Crippen molar-refractivity contribution in [2.75, 3.05) is 6.61 Å². The number of rotatable bonds is 4. The Labute approximate surface area is 115 Å². The van der Waals surface area contributed by atoms with Gasteiger partial charge < -0.3 is 4.74 Å². The molecule has 2 rings (SSSR count). The highest BCUT2D eigenvalue weighted by Gasteiger charge is 2.14. The predicted molar refractivity (Wildman–Crippen MR) is 74.3 cm³/mol. The Balaban J connectivity index is 2.46. The SMILES string of the molecule is CCCOc1cccnc1-n1nc(C)c(Br)c1C. The van der Waals surface area contributed by atoms with Crippen molar-refractivity contribution < 1.29 is 4.74 Å². The normalized spacial score (nSPS) is 10.7. The second kappa shape index (κ2) is 5.52. The molecule has 96 valence electrons. The van der Waals surface area contributed by atoms with Crippen LogP contribution in [0.1, 0.15) is 24.7 Å². The molecule has 0 unspecified atom stereocenters. The van der Waals surface area contributed by atoms with Gasteiger partial charge in [0.05, 0.1) is 22.5 Å². The van der Waals surface area contributed by atoms with E-state index in [0.717, 1.165) is 33.8 Å². The summed E-state index contributed by atoms with van der Waals surface area (Å²) in [5, 5.41) is 4.48. The summed E-state index contributed by atoms with van der Waals surface area (Å²) >= 11 is 3.52. The number of ether oxygens (including phenoxy) is 1. The molecule has 2 heterocycles. The van der Waals surface area contributed by atoms with E-state index in [4.69, 9.17) is 4.74 Å². The summed E-state index contributed by atoms with van der Waals surface area (Å²) in [6.45, 7) is 6.72. The number of hydrogen-bond acceptors (Lipinski definition) is 3. The van der Waals surface area contributed by atoms with Crippen molar-refractivity contribution in [1.82, 2.24) is 14.8 Å². The first-order valence-electron chi connectivity index (χ1n) is 5.95. The topological polar surface area (TPSA) is 39.9 Å². The lowest BCUT2D eigenvalue weighted by Gasteiger charge is -2.10. The maximum atomic E-state index is 5.71. The van der Waals surface area contributed by atoms with Gasteiger partial charge in [-0.3, -0.25) is 0 Å². The van der Waals surface area contributed by atoms with Gasteiger partial charge in [-0.1, -0.05) is 6.92 Å². The van der Waals surface area contributed by atoms with Gasteiger partial charge in [0.15, 0.2) is 11.6 Å². The van der Waals surface area contributed by atoms with Crippen molar-refractivity contribution >= 4 is 15.9 Å². The van der Waals surface area contributed by atoms with E-state index in [2.05, 4.69) is 32.9 Å². The molecular weight excluding hydrogens is 294 g/mol. The smallest absolute Gasteiger partial charge is 0.196 e. The van der Waals surface area contributed by atoms with Crippen molar-refractivity contribution in [2.24, 2.45) is 0 Å². The maximum Gasteiger partial charge on any atom is 0.196 e. The van der Waals surface area contributed by atoms with Crippen LogP contribution in [0, 0.1) is 13.8 Å². The fourth-order valence-corrected chi connectivity index (χ4v) is 1.94. The summed E-state index contributed by atoms with van der Waals surface area (Å²) in [5.74, 6) is 1.50. The number of aryl methyl sites for hydroxylation is 1. The Morgan fingerprint density at radius 3 is 2.78 bits per heavy atom. The Morgan fingerprint density at radius 2 is 2.17 bits per heavy atom. The molecule has 0 aliphatic heterocycles. The van der Waals surface area contributed by atoms with E-state index in [-0.39, 0.29) is 0 Å². The molecular formula is C13H16BrN3O. The van der Waals surface area contributed by atoms with Crippen LogP contribution >= 0.6 is 15.9 Å². The lowest BCUT2D eigenvalue weighted by atomic mass is 10.4.